The van der Waals surface area contributed by atoms with Gasteiger partial charge < -0.3 is 10.1 Å². The van der Waals surface area contributed by atoms with Crippen LogP contribution in [0.2, 0.25) is 0 Å². The van der Waals surface area contributed by atoms with Crippen molar-refractivity contribution in [2.45, 2.75) is 24.3 Å². The van der Waals surface area contributed by atoms with Crippen LogP contribution in [-0.2, 0) is 14.8 Å². The minimum Gasteiger partial charge on any atom is -0.481 e. The van der Waals surface area contributed by atoms with E-state index >= 15 is 0 Å². The van der Waals surface area contributed by atoms with Crippen molar-refractivity contribution in [2.24, 2.45) is 0 Å². The summed E-state index contributed by atoms with van der Waals surface area (Å²) in [6.07, 6.45) is 2.96. The molecule has 0 spiro atoms. The first-order valence-corrected chi connectivity index (χ1v) is 11.5. The quantitative estimate of drug-likeness (QED) is 0.676. The van der Waals surface area contributed by atoms with Gasteiger partial charge in [0, 0.05) is 17.6 Å². The molecule has 0 fully saturated rings. The molecule has 2 aromatic rings. The smallest absolute Gasteiger partial charge is 0.265 e. The number of carbonyl (C=O) groups excluding carboxylic acids is 1. The van der Waals surface area contributed by atoms with Gasteiger partial charge in [-0.2, -0.15) is 0 Å². The Labute approximate surface area is 165 Å². The summed E-state index contributed by atoms with van der Waals surface area (Å²) < 4.78 is 30.1. The number of amides is 1. The fourth-order valence-corrected chi connectivity index (χ4v) is 3.30. The third kappa shape index (κ3) is 5.90. The van der Waals surface area contributed by atoms with Crippen molar-refractivity contribution in [3.63, 3.8) is 0 Å². The molecule has 1 amide bonds. The summed E-state index contributed by atoms with van der Waals surface area (Å²) in [4.78, 5) is 13.6. The molecule has 0 aliphatic rings. The highest BCUT2D eigenvalue weighted by atomic mass is 32.2. The number of anilines is 2. The van der Waals surface area contributed by atoms with Crippen molar-refractivity contribution in [2.75, 3.05) is 29.2 Å². The highest BCUT2D eigenvalue weighted by Gasteiger charge is 2.19. The molecule has 2 rings (SSSR count). The van der Waals surface area contributed by atoms with Crippen molar-refractivity contribution >= 4 is 39.1 Å². The standard InChI is InChI=1S/C19H24N2O4S2/c1-5-18(19(22)20-14-7-6-8-17(13-14)26-3)25-16-11-9-15(10-12-16)21(2)27(4,23)24/h6-13,18H,5H2,1-4H3,(H,20,22)/t18-/m1/s1. The number of sulfonamides is 1. The minimum absolute atomic E-state index is 0.229. The van der Waals surface area contributed by atoms with Crippen molar-refractivity contribution in [1.82, 2.24) is 0 Å². The second-order valence-corrected chi connectivity index (χ2v) is 8.85. The number of rotatable bonds is 8. The van der Waals surface area contributed by atoms with E-state index in [9.17, 15) is 13.2 Å². The van der Waals surface area contributed by atoms with Crippen LogP contribution in [0, 0.1) is 0 Å². The Morgan fingerprint density at radius 1 is 1.22 bits per heavy atom. The third-order valence-electron chi connectivity index (χ3n) is 3.98. The molecule has 0 saturated heterocycles. The third-order valence-corrected chi connectivity index (χ3v) is 5.91. The van der Waals surface area contributed by atoms with E-state index in [0.717, 1.165) is 16.8 Å². The van der Waals surface area contributed by atoms with Gasteiger partial charge in [-0.1, -0.05) is 13.0 Å². The summed E-state index contributed by atoms with van der Waals surface area (Å²) in [6, 6.07) is 14.2. The first kappa shape index (κ1) is 21.1. The molecule has 1 atom stereocenters. The molecule has 0 radical (unpaired) electrons. The highest BCUT2D eigenvalue weighted by molar-refractivity contribution is 7.98. The van der Waals surface area contributed by atoms with E-state index < -0.39 is 16.1 Å². The Morgan fingerprint density at radius 2 is 1.89 bits per heavy atom. The predicted octanol–water partition coefficient (Wildman–Crippen LogP) is 3.60. The average molecular weight is 409 g/mol. The summed E-state index contributed by atoms with van der Waals surface area (Å²) in [6.45, 7) is 1.87. The number of ether oxygens (including phenoxy) is 1. The van der Waals surface area contributed by atoms with E-state index in [0.29, 0.717) is 17.9 Å². The topological polar surface area (TPSA) is 75.7 Å². The monoisotopic (exact) mass is 408 g/mol. The molecule has 27 heavy (non-hydrogen) atoms. The molecule has 0 unspecified atom stereocenters. The average Bonchev–Trinajstić information content (AvgIpc) is 2.65. The molecule has 0 aliphatic heterocycles. The second kappa shape index (κ2) is 9.14. The molecule has 0 bridgehead atoms. The van der Waals surface area contributed by atoms with Gasteiger partial charge in [0.15, 0.2) is 6.10 Å². The first-order valence-electron chi connectivity index (χ1n) is 8.40. The molecule has 0 saturated carbocycles. The summed E-state index contributed by atoms with van der Waals surface area (Å²) in [5, 5.41) is 2.87. The van der Waals surface area contributed by atoms with Crippen molar-refractivity contribution in [3.05, 3.63) is 48.5 Å². The van der Waals surface area contributed by atoms with Gasteiger partial charge >= 0.3 is 0 Å². The molecule has 1 N–H and O–H groups in total. The van der Waals surface area contributed by atoms with Gasteiger partial charge in [-0.3, -0.25) is 9.10 Å². The van der Waals surface area contributed by atoms with E-state index in [4.69, 9.17) is 4.74 Å². The Hall–Kier alpha value is -2.19. The van der Waals surface area contributed by atoms with Gasteiger partial charge in [-0.15, -0.1) is 11.8 Å². The molecular weight excluding hydrogens is 384 g/mol. The lowest BCUT2D eigenvalue weighted by Gasteiger charge is -2.19. The number of nitrogens with zero attached hydrogens (tertiary/aromatic N) is 1. The van der Waals surface area contributed by atoms with Gasteiger partial charge in [0.1, 0.15) is 5.75 Å². The Bertz CT molecular complexity index is 883. The molecule has 6 nitrogen and oxygen atoms in total. The lowest BCUT2D eigenvalue weighted by Crippen LogP contribution is -2.32. The Kier molecular flexibility index (Phi) is 7.15. The van der Waals surface area contributed by atoms with E-state index in [2.05, 4.69) is 5.32 Å². The van der Waals surface area contributed by atoms with Crippen molar-refractivity contribution in [3.8, 4) is 5.75 Å². The first-order chi connectivity index (χ1) is 12.7. The molecular formula is C19H24N2O4S2. The zero-order chi connectivity index (χ0) is 20.0. The van der Waals surface area contributed by atoms with Crippen LogP contribution in [0.25, 0.3) is 0 Å². The van der Waals surface area contributed by atoms with Crippen molar-refractivity contribution < 1.29 is 17.9 Å². The normalized spacial score (nSPS) is 12.3. The van der Waals surface area contributed by atoms with Crippen molar-refractivity contribution in [1.29, 1.82) is 0 Å². The summed E-state index contributed by atoms with van der Waals surface area (Å²) in [5.41, 5.74) is 1.25. The predicted molar refractivity (Wildman–Crippen MR) is 111 cm³/mol. The number of carbonyl (C=O) groups is 1. The molecule has 8 heteroatoms. The highest BCUT2D eigenvalue weighted by Crippen LogP contribution is 2.23. The van der Waals surface area contributed by atoms with Gasteiger partial charge in [-0.05, 0) is 55.1 Å². The number of hydrogen-bond donors (Lipinski definition) is 1. The lowest BCUT2D eigenvalue weighted by atomic mass is 10.2. The van der Waals surface area contributed by atoms with E-state index in [1.807, 2.05) is 37.4 Å². The SMILES string of the molecule is CC[C@@H](Oc1ccc(N(C)S(C)(=O)=O)cc1)C(=O)Nc1cccc(SC)c1. The maximum atomic E-state index is 12.5. The van der Waals surface area contributed by atoms with Crippen LogP contribution in [0.3, 0.4) is 0 Å². The van der Waals surface area contributed by atoms with E-state index in [1.54, 1.807) is 36.0 Å². The zero-order valence-corrected chi connectivity index (χ0v) is 17.4. The van der Waals surface area contributed by atoms with Crippen LogP contribution < -0.4 is 14.4 Å². The van der Waals surface area contributed by atoms with Crippen LogP contribution in [0.15, 0.2) is 53.4 Å². The number of hydrogen-bond acceptors (Lipinski definition) is 5. The number of benzene rings is 2. The van der Waals surface area contributed by atoms with Crippen LogP contribution in [0.5, 0.6) is 5.75 Å². The fourth-order valence-electron chi connectivity index (χ4n) is 2.34. The maximum Gasteiger partial charge on any atom is 0.265 e. The second-order valence-electron chi connectivity index (χ2n) is 5.96. The van der Waals surface area contributed by atoms with Gasteiger partial charge in [0.05, 0.1) is 11.9 Å². The Balaban J connectivity index is 2.06. The van der Waals surface area contributed by atoms with Crippen LogP contribution in [0.4, 0.5) is 11.4 Å². The van der Waals surface area contributed by atoms with Gasteiger partial charge in [0.25, 0.3) is 5.91 Å². The minimum atomic E-state index is -3.32. The van der Waals surface area contributed by atoms with Crippen LogP contribution in [0.1, 0.15) is 13.3 Å². The Morgan fingerprint density at radius 3 is 2.44 bits per heavy atom. The zero-order valence-electron chi connectivity index (χ0n) is 15.8. The lowest BCUT2D eigenvalue weighted by molar-refractivity contribution is -0.122. The van der Waals surface area contributed by atoms with E-state index in [-0.39, 0.29) is 5.91 Å². The molecule has 0 aromatic heterocycles. The summed E-state index contributed by atoms with van der Waals surface area (Å²) in [7, 11) is -1.84. The number of nitrogens with one attached hydrogen (secondary N) is 1. The number of thioether (sulfide) groups is 1. The molecule has 0 heterocycles. The fraction of sp³-hybridized carbons (Fsp3) is 0.316. The molecule has 2 aromatic carbocycles. The maximum absolute atomic E-state index is 12.5. The molecule has 146 valence electrons. The molecule has 0 aliphatic carbocycles. The van der Waals surface area contributed by atoms with E-state index in [1.165, 1.54) is 11.4 Å². The van der Waals surface area contributed by atoms with Gasteiger partial charge in [0.2, 0.25) is 10.0 Å². The summed E-state index contributed by atoms with van der Waals surface area (Å²) >= 11 is 1.60. The van der Waals surface area contributed by atoms with Crippen LogP contribution >= 0.6 is 11.8 Å². The summed E-state index contributed by atoms with van der Waals surface area (Å²) in [5.74, 6) is 0.272. The van der Waals surface area contributed by atoms with Crippen LogP contribution in [-0.4, -0.2) is 40.0 Å². The largest absolute Gasteiger partial charge is 0.481 e. The van der Waals surface area contributed by atoms with Gasteiger partial charge in [-0.25, -0.2) is 8.42 Å².